The van der Waals surface area contributed by atoms with Crippen LogP contribution < -0.4 is 10.1 Å². The van der Waals surface area contributed by atoms with Gasteiger partial charge in [-0.05, 0) is 19.1 Å². The Morgan fingerprint density at radius 1 is 1.45 bits per heavy atom. The van der Waals surface area contributed by atoms with Crippen LogP contribution in [0.25, 0.3) is 0 Å². The largest absolute Gasteiger partial charge is 0.477 e. The van der Waals surface area contributed by atoms with Crippen LogP contribution in [-0.2, 0) is 6.42 Å². The second-order valence-corrected chi connectivity index (χ2v) is 5.17. The normalized spacial score (nSPS) is 10.2. The van der Waals surface area contributed by atoms with Crippen molar-refractivity contribution < 1.29 is 19.4 Å². The highest BCUT2D eigenvalue weighted by molar-refractivity contribution is 7.09. The number of amides is 1. The van der Waals surface area contributed by atoms with Gasteiger partial charge in [0.1, 0.15) is 5.56 Å². The number of carboxylic acid groups (broad SMARTS) is 1. The van der Waals surface area contributed by atoms with Crippen molar-refractivity contribution in [3.63, 3.8) is 0 Å². The summed E-state index contributed by atoms with van der Waals surface area (Å²) >= 11 is 1.26. The van der Waals surface area contributed by atoms with Gasteiger partial charge in [-0.2, -0.15) is 0 Å². The standard InChI is InChI=1S/C14H15N3O4S/c1-2-21-13-9(4-3-6-16-13)12(18)15-7-5-11-17-10(8-22-11)14(19)20/h3-4,6,8H,2,5,7H2,1H3,(H,15,18)(H,19,20). The van der Waals surface area contributed by atoms with Gasteiger partial charge in [-0.25, -0.2) is 14.8 Å². The second kappa shape index (κ2) is 7.51. The van der Waals surface area contributed by atoms with Crippen LogP contribution in [0.1, 0.15) is 32.8 Å². The van der Waals surface area contributed by atoms with Crippen LogP contribution in [-0.4, -0.2) is 40.1 Å². The Morgan fingerprint density at radius 2 is 2.27 bits per heavy atom. The molecule has 2 aromatic heterocycles. The number of carbonyl (C=O) groups excluding carboxylic acids is 1. The molecule has 0 aliphatic carbocycles. The number of hydrogen-bond acceptors (Lipinski definition) is 6. The van der Waals surface area contributed by atoms with Gasteiger partial charge in [-0.15, -0.1) is 11.3 Å². The van der Waals surface area contributed by atoms with Crippen molar-refractivity contribution in [2.45, 2.75) is 13.3 Å². The number of hydrogen-bond donors (Lipinski definition) is 2. The summed E-state index contributed by atoms with van der Waals surface area (Å²) in [4.78, 5) is 30.8. The summed E-state index contributed by atoms with van der Waals surface area (Å²) in [6.07, 6.45) is 2.03. The van der Waals surface area contributed by atoms with Crippen molar-refractivity contribution >= 4 is 23.2 Å². The van der Waals surface area contributed by atoms with Crippen molar-refractivity contribution in [1.82, 2.24) is 15.3 Å². The number of aromatic nitrogens is 2. The van der Waals surface area contributed by atoms with Crippen LogP contribution in [0.3, 0.4) is 0 Å². The molecule has 0 bridgehead atoms. The molecule has 0 unspecified atom stereocenters. The minimum atomic E-state index is -1.05. The lowest BCUT2D eigenvalue weighted by Gasteiger charge is -2.08. The number of ether oxygens (including phenoxy) is 1. The zero-order valence-electron chi connectivity index (χ0n) is 11.9. The summed E-state index contributed by atoms with van der Waals surface area (Å²) in [7, 11) is 0. The maximum absolute atomic E-state index is 12.1. The summed E-state index contributed by atoms with van der Waals surface area (Å²) in [5.41, 5.74) is 0.395. The molecule has 0 atom stereocenters. The van der Waals surface area contributed by atoms with E-state index in [-0.39, 0.29) is 11.6 Å². The fourth-order valence-electron chi connectivity index (χ4n) is 1.72. The monoisotopic (exact) mass is 321 g/mol. The van der Waals surface area contributed by atoms with Crippen LogP contribution in [0.2, 0.25) is 0 Å². The Morgan fingerprint density at radius 3 is 2.95 bits per heavy atom. The molecule has 0 aliphatic rings. The van der Waals surface area contributed by atoms with E-state index in [2.05, 4.69) is 15.3 Å². The zero-order valence-corrected chi connectivity index (χ0v) is 12.7. The van der Waals surface area contributed by atoms with Gasteiger partial charge in [0.2, 0.25) is 5.88 Å². The molecule has 0 saturated carbocycles. The van der Waals surface area contributed by atoms with E-state index in [4.69, 9.17) is 9.84 Å². The van der Waals surface area contributed by atoms with Gasteiger partial charge in [0.25, 0.3) is 5.91 Å². The van der Waals surface area contributed by atoms with Crippen molar-refractivity contribution in [3.8, 4) is 5.88 Å². The predicted octanol–water partition coefficient (Wildman–Crippen LogP) is 1.61. The first-order valence-corrected chi connectivity index (χ1v) is 7.53. The fraction of sp³-hybridized carbons (Fsp3) is 0.286. The molecular formula is C14H15N3O4S. The molecule has 0 spiro atoms. The Labute approximate surface area is 131 Å². The van der Waals surface area contributed by atoms with Crippen LogP contribution in [0, 0.1) is 0 Å². The van der Waals surface area contributed by atoms with E-state index < -0.39 is 5.97 Å². The van der Waals surface area contributed by atoms with E-state index in [0.717, 1.165) is 0 Å². The van der Waals surface area contributed by atoms with Crippen molar-refractivity contribution in [3.05, 3.63) is 40.0 Å². The molecule has 1 amide bonds. The summed E-state index contributed by atoms with van der Waals surface area (Å²) < 4.78 is 5.30. The quantitative estimate of drug-likeness (QED) is 0.803. The highest BCUT2D eigenvalue weighted by atomic mass is 32.1. The van der Waals surface area contributed by atoms with Gasteiger partial charge >= 0.3 is 5.97 Å². The van der Waals surface area contributed by atoms with Crippen LogP contribution in [0.5, 0.6) is 5.88 Å². The lowest BCUT2D eigenvalue weighted by molar-refractivity contribution is 0.0690. The van der Waals surface area contributed by atoms with E-state index in [0.29, 0.717) is 36.0 Å². The number of thiazole rings is 1. The molecule has 2 rings (SSSR count). The topological polar surface area (TPSA) is 101 Å². The molecule has 2 aromatic rings. The minimum absolute atomic E-state index is 0.0252. The highest BCUT2D eigenvalue weighted by Crippen LogP contribution is 2.14. The maximum Gasteiger partial charge on any atom is 0.355 e. The number of nitrogens with zero attached hydrogens (tertiary/aromatic N) is 2. The van der Waals surface area contributed by atoms with E-state index in [1.165, 1.54) is 16.7 Å². The number of aromatic carboxylic acids is 1. The maximum atomic E-state index is 12.1. The van der Waals surface area contributed by atoms with Gasteiger partial charge in [0, 0.05) is 24.5 Å². The Bertz CT molecular complexity index is 672. The van der Waals surface area contributed by atoms with E-state index in [1.807, 2.05) is 6.92 Å². The van der Waals surface area contributed by atoms with Gasteiger partial charge in [-0.1, -0.05) is 0 Å². The van der Waals surface area contributed by atoms with Crippen LogP contribution in [0.4, 0.5) is 0 Å². The second-order valence-electron chi connectivity index (χ2n) is 4.23. The molecule has 2 heterocycles. The molecule has 0 aliphatic heterocycles. The van der Waals surface area contributed by atoms with E-state index >= 15 is 0 Å². The van der Waals surface area contributed by atoms with E-state index in [1.54, 1.807) is 18.3 Å². The molecule has 8 heteroatoms. The number of rotatable bonds is 7. The van der Waals surface area contributed by atoms with Gasteiger partial charge in [0.05, 0.1) is 11.6 Å². The summed E-state index contributed by atoms with van der Waals surface area (Å²) in [6.45, 7) is 2.60. The van der Waals surface area contributed by atoms with Gasteiger partial charge in [-0.3, -0.25) is 4.79 Å². The molecule has 116 valence electrons. The average molecular weight is 321 g/mol. The number of carboxylic acids is 1. The van der Waals surface area contributed by atoms with Crippen molar-refractivity contribution in [2.24, 2.45) is 0 Å². The van der Waals surface area contributed by atoms with Gasteiger partial charge < -0.3 is 15.2 Å². The van der Waals surface area contributed by atoms with Crippen molar-refractivity contribution in [2.75, 3.05) is 13.2 Å². The number of carbonyl (C=O) groups is 2. The van der Waals surface area contributed by atoms with Crippen molar-refractivity contribution in [1.29, 1.82) is 0 Å². The number of nitrogens with one attached hydrogen (secondary N) is 1. The Kier molecular flexibility index (Phi) is 5.42. The average Bonchev–Trinajstić information content (AvgIpc) is 2.97. The third-order valence-corrected chi connectivity index (χ3v) is 3.60. The SMILES string of the molecule is CCOc1ncccc1C(=O)NCCc1nc(C(=O)O)cs1. The van der Waals surface area contributed by atoms with E-state index in [9.17, 15) is 9.59 Å². The van der Waals surface area contributed by atoms with Crippen LogP contribution in [0.15, 0.2) is 23.7 Å². The molecule has 0 saturated heterocycles. The van der Waals surface area contributed by atoms with Gasteiger partial charge in [0.15, 0.2) is 5.69 Å². The molecule has 0 aromatic carbocycles. The fourth-order valence-corrected chi connectivity index (χ4v) is 2.49. The smallest absolute Gasteiger partial charge is 0.355 e. The molecule has 7 nitrogen and oxygen atoms in total. The molecular weight excluding hydrogens is 306 g/mol. The molecule has 0 fully saturated rings. The van der Waals surface area contributed by atoms with Crippen LogP contribution >= 0.6 is 11.3 Å². The molecule has 22 heavy (non-hydrogen) atoms. The lowest BCUT2D eigenvalue weighted by Crippen LogP contribution is -2.26. The predicted molar refractivity (Wildman–Crippen MR) is 80.5 cm³/mol. The zero-order chi connectivity index (χ0) is 15.9. The first kappa shape index (κ1) is 15.9. The Balaban J connectivity index is 1.91. The first-order chi connectivity index (χ1) is 10.6. The molecule has 0 radical (unpaired) electrons. The highest BCUT2D eigenvalue weighted by Gasteiger charge is 2.13. The minimum Gasteiger partial charge on any atom is -0.477 e. The third kappa shape index (κ3) is 4.01. The summed E-state index contributed by atoms with van der Waals surface area (Å²) in [6, 6.07) is 3.30. The lowest BCUT2D eigenvalue weighted by atomic mass is 10.2. The number of pyridine rings is 1. The summed E-state index contributed by atoms with van der Waals surface area (Å²) in [5.74, 6) is -1.04. The third-order valence-electron chi connectivity index (χ3n) is 2.69. The first-order valence-electron chi connectivity index (χ1n) is 6.65. The Hall–Kier alpha value is -2.48. The molecule has 2 N–H and O–H groups in total. The summed E-state index contributed by atoms with van der Waals surface area (Å²) in [5, 5.41) is 13.7.